The largest absolute Gasteiger partial charge is 0.481 e. The van der Waals surface area contributed by atoms with Crippen LogP contribution >= 0.6 is 0 Å². The Morgan fingerprint density at radius 1 is 0.875 bits per heavy atom. The SMILES string of the molecule is O=COCC(C=O)(COC=O)NC(CC(=O)O)(CC(=O)O)C(=O)O. The van der Waals surface area contributed by atoms with E-state index in [1.54, 1.807) is 0 Å². The minimum absolute atomic E-state index is 0.0292. The van der Waals surface area contributed by atoms with Crippen LogP contribution in [0.3, 0.4) is 0 Å². The quantitative estimate of drug-likeness (QED) is 0.244. The van der Waals surface area contributed by atoms with Crippen LogP contribution in [0.25, 0.3) is 0 Å². The summed E-state index contributed by atoms with van der Waals surface area (Å²) in [6, 6.07) is 0. The van der Waals surface area contributed by atoms with E-state index in [-0.39, 0.29) is 19.2 Å². The predicted octanol–water partition coefficient (Wildman–Crippen LogP) is -2.37. The second-order valence-corrected chi connectivity index (χ2v) is 4.74. The molecular formula is C12H15NO11. The molecule has 0 atom stereocenters. The van der Waals surface area contributed by atoms with Crippen molar-refractivity contribution in [2.75, 3.05) is 13.2 Å². The van der Waals surface area contributed by atoms with Gasteiger partial charge >= 0.3 is 17.9 Å². The number of hydrogen-bond donors (Lipinski definition) is 4. The zero-order valence-electron chi connectivity index (χ0n) is 12.2. The minimum atomic E-state index is -2.63. The van der Waals surface area contributed by atoms with Gasteiger partial charge in [0, 0.05) is 0 Å². The van der Waals surface area contributed by atoms with Crippen molar-refractivity contribution in [1.82, 2.24) is 5.32 Å². The van der Waals surface area contributed by atoms with Crippen LogP contribution in [0.1, 0.15) is 12.8 Å². The molecule has 0 spiro atoms. The Labute approximate surface area is 134 Å². The number of carbonyl (C=O) groups is 6. The van der Waals surface area contributed by atoms with E-state index in [1.165, 1.54) is 0 Å². The van der Waals surface area contributed by atoms with Gasteiger partial charge in [0.1, 0.15) is 30.6 Å². The smallest absolute Gasteiger partial charge is 0.325 e. The Hall–Kier alpha value is -3.02. The number of aldehydes is 1. The van der Waals surface area contributed by atoms with E-state index in [0.717, 1.165) is 0 Å². The molecule has 0 heterocycles. The summed E-state index contributed by atoms with van der Waals surface area (Å²) >= 11 is 0. The van der Waals surface area contributed by atoms with E-state index in [9.17, 15) is 33.9 Å². The van der Waals surface area contributed by atoms with Crippen LogP contribution < -0.4 is 5.32 Å². The van der Waals surface area contributed by atoms with Crippen LogP contribution in [0.4, 0.5) is 0 Å². The van der Waals surface area contributed by atoms with Gasteiger partial charge in [-0.25, -0.2) is 0 Å². The van der Waals surface area contributed by atoms with Gasteiger partial charge in [0.2, 0.25) is 0 Å². The van der Waals surface area contributed by atoms with Crippen LogP contribution in [0.15, 0.2) is 0 Å². The van der Waals surface area contributed by atoms with Crippen molar-refractivity contribution < 1.29 is 53.6 Å². The Balaban J connectivity index is 5.91. The number of carboxylic acid groups (broad SMARTS) is 3. The fourth-order valence-corrected chi connectivity index (χ4v) is 1.93. The number of aliphatic carboxylic acids is 3. The zero-order valence-corrected chi connectivity index (χ0v) is 12.2. The summed E-state index contributed by atoms with van der Waals surface area (Å²) in [6.07, 6.45) is -2.40. The third kappa shape index (κ3) is 6.00. The first-order valence-corrected chi connectivity index (χ1v) is 6.20. The van der Waals surface area contributed by atoms with Gasteiger partial charge in [-0.05, 0) is 0 Å². The molecule has 0 aromatic rings. The van der Waals surface area contributed by atoms with Crippen LogP contribution in [0, 0.1) is 0 Å². The van der Waals surface area contributed by atoms with E-state index < -0.39 is 55.0 Å². The van der Waals surface area contributed by atoms with Crippen molar-refractivity contribution in [3.8, 4) is 0 Å². The van der Waals surface area contributed by atoms with Gasteiger partial charge in [0.25, 0.3) is 12.9 Å². The number of rotatable bonds is 14. The molecule has 4 N–H and O–H groups in total. The van der Waals surface area contributed by atoms with Crippen molar-refractivity contribution in [3.63, 3.8) is 0 Å². The van der Waals surface area contributed by atoms with Gasteiger partial charge in [-0.1, -0.05) is 0 Å². The van der Waals surface area contributed by atoms with Gasteiger partial charge in [-0.2, -0.15) is 0 Å². The van der Waals surface area contributed by atoms with E-state index >= 15 is 0 Å². The van der Waals surface area contributed by atoms with E-state index in [0.29, 0.717) is 0 Å². The molecular weight excluding hydrogens is 334 g/mol. The van der Waals surface area contributed by atoms with E-state index in [1.807, 2.05) is 0 Å². The Morgan fingerprint density at radius 3 is 1.54 bits per heavy atom. The molecule has 0 fully saturated rings. The van der Waals surface area contributed by atoms with Crippen LogP contribution in [-0.2, 0) is 38.2 Å². The molecule has 0 aliphatic carbocycles. The minimum Gasteiger partial charge on any atom is -0.481 e. The maximum Gasteiger partial charge on any atom is 0.325 e. The Morgan fingerprint density at radius 2 is 1.29 bits per heavy atom. The van der Waals surface area contributed by atoms with Gasteiger partial charge in [-0.3, -0.25) is 29.3 Å². The summed E-state index contributed by atoms with van der Waals surface area (Å²) in [5.74, 6) is -5.21. The van der Waals surface area contributed by atoms with Crippen LogP contribution in [0.2, 0.25) is 0 Å². The molecule has 0 unspecified atom stereocenters. The van der Waals surface area contributed by atoms with Crippen molar-refractivity contribution >= 4 is 37.1 Å². The number of carbonyl (C=O) groups excluding carboxylic acids is 3. The fraction of sp³-hybridized carbons (Fsp3) is 0.500. The second kappa shape index (κ2) is 9.19. The van der Waals surface area contributed by atoms with Gasteiger partial charge in [0.15, 0.2) is 0 Å². The summed E-state index contributed by atoms with van der Waals surface area (Å²) in [4.78, 5) is 65.4. The normalized spacial score (nSPS) is 11.2. The lowest BCUT2D eigenvalue weighted by molar-refractivity contribution is -0.159. The summed E-state index contributed by atoms with van der Waals surface area (Å²) < 4.78 is 8.73. The maximum atomic E-state index is 11.5. The van der Waals surface area contributed by atoms with E-state index in [2.05, 4.69) is 14.8 Å². The lowest BCUT2D eigenvalue weighted by atomic mass is 9.87. The van der Waals surface area contributed by atoms with Gasteiger partial charge in [-0.15, -0.1) is 0 Å². The number of nitrogens with one attached hydrogen (secondary N) is 1. The highest BCUT2D eigenvalue weighted by Crippen LogP contribution is 2.21. The molecule has 0 saturated heterocycles. The average molecular weight is 349 g/mol. The summed E-state index contributed by atoms with van der Waals surface area (Å²) in [7, 11) is 0. The molecule has 24 heavy (non-hydrogen) atoms. The van der Waals surface area contributed by atoms with Gasteiger partial charge < -0.3 is 29.6 Å². The number of ether oxygens (including phenoxy) is 2. The second-order valence-electron chi connectivity index (χ2n) is 4.74. The first-order valence-electron chi connectivity index (χ1n) is 6.20. The molecule has 134 valence electrons. The molecule has 12 heteroatoms. The average Bonchev–Trinajstić information content (AvgIpc) is 2.48. The third-order valence-electron chi connectivity index (χ3n) is 2.85. The molecule has 12 nitrogen and oxygen atoms in total. The molecule has 0 aliphatic heterocycles. The monoisotopic (exact) mass is 349 g/mol. The predicted molar refractivity (Wildman–Crippen MR) is 70.8 cm³/mol. The Kier molecular flexibility index (Phi) is 8.04. The van der Waals surface area contributed by atoms with Crippen LogP contribution in [0.5, 0.6) is 0 Å². The summed E-state index contributed by atoms with van der Waals surface area (Å²) in [5, 5.41) is 29.1. The topological polar surface area (TPSA) is 194 Å². The van der Waals surface area contributed by atoms with Crippen molar-refractivity contribution in [1.29, 1.82) is 0 Å². The highest BCUT2D eigenvalue weighted by molar-refractivity contribution is 5.90. The van der Waals surface area contributed by atoms with Crippen molar-refractivity contribution in [3.05, 3.63) is 0 Å². The zero-order chi connectivity index (χ0) is 18.8. The standard InChI is InChI=1S/C12H15NO11/c14-3-11(4-23-6-15,5-24-7-16)13-12(10(21)22,1-8(17)18)2-9(19)20/h3,6-7,13H,1-2,4-5H2,(H,17,18)(H,19,20)(H,21,22). The Bertz CT molecular complexity index is 487. The van der Waals surface area contributed by atoms with E-state index in [4.69, 9.17) is 10.2 Å². The summed E-state index contributed by atoms with van der Waals surface area (Å²) in [6.45, 7) is -1.83. The first kappa shape index (κ1) is 21.0. The van der Waals surface area contributed by atoms with Crippen molar-refractivity contribution in [2.45, 2.75) is 23.9 Å². The van der Waals surface area contributed by atoms with Crippen molar-refractivity contribution in [2.24, 2.45) is 0 Å². The lowest BCUT2D eigenvalue weighted by Crippen LogP contribution is -2.67. The highest BCUT2D eigenvalue weighted by Gasteiger charge is 2.49. The highest BCUT2D eigenvalue weighted by atomic mass is 16.5. The van der Waals surface area contributed by atoms with Crippen LogP contribution in [-0.4, -0.2) is 76.7 Å². The molecule has 0 aromatic carbocycles. The number of carboxylic acids is 3. The molecule has 0 bridgehead atoms. The third-order valence-corrected chi connectivity index (χ3v) is 2.85. The summed E-state index contributed by atoms with van der Waals surface area (Å²) in [5.41, 5.74) is -4.79. The first-order chi connectivity index (χ1) is 11.2. The lowest BCUT2D eigenvalue weighted by Gasteiger charge is -2.37. The molecule has 0 amide bonds. The molecule has 0 aromatic heterocycles. The number of hydrogen-bond acceptors (Lipinski definition) is 9. The molecule has 0 aliphatic rings. The fourth-order valence-electron chi connectivity index (χ4n) is 1.93. The maximum absolute atomic E-state index is 11.5. The molecule has 0 rings (SSSR count). The molecule has 0 saturated carbocycles. The molecule has 0 radical (unpaired) electrons. The van der Waals surface area contributed by atoms with Gasteiger partial charge in [0.05, 0.1) is 12.8 Å².